The summed E-state index contributed by atoms with van der Waals surface area (Å²) in [4.78, 5) is 4.11. The monoisotopic (exact) mass is 305 g/mol. The maximum Gasteiger partial charge on any atom is 0.226 e. The number of alkyl halides is 1. The number of hydrogen-bond donors (Lipinski definition) is 0. The number of benzene rings is 1. The highest BCUT2D eigenvalue weighted by atomic mass is 79.9. The molecule has 2 nitrogen and oxygen atoms in total. The van der Waals surface area contributed by atoms with Crippen molar-refractivity contribution in [3.05, 3.63) is 39.7 Å². The third kappa shape index (κ3) is 2.36. The Morgan fingerprint density at radius 3 is 2.80 bits per heavy atom. The largest absolute Gasteiger partial charge is 0.440 e. The first-order valence-corrected chi connectivity index (χ1v) is 5.87. The third-order valence-corrected chi connectivity index (χ3v) is 3.33. The van der Waals surface area contributed by atoms with Gasteiger partial charge in [-0.15, -0.1) is 11.6 Å². The molecule has 1 aromatic heterocycles. The van der Waals surface area contributed by atoms with E-state index >= 15 is 0 Å². The molecule has 1 heterocycles. The zero-order chi connectivity index (χ0) is 10.8. The zero-order valence-corrected chi connectivity index (χ0v) is 10.6. The highest BCUT2D eigenvalue weighted by Crippen LogP contribution is 2.28. The van der Waals surface area contributed by atoms with Gasteiger partial charge in [0.1, 0.15) is 5.76 Å². The van der Waals surface area contributed by atoms with Gasteiger partial charge in [-0.1, -0.05) is 11.6 Å². The maximum atomic E-state index is 5.88. The summed E-state index contributed by atoms with van der Waals surface area (Å²) in [7, 11) is 0. The fourth-order valence-corrected chi connectivity index (χ4v) is 1.75. The molecule has 0 unspecified atom stereocenters. The summed E-state index contributed by atoms with van der Waals surface area (Å²) >= 11 is 14.8. The number of aromatic nitrogens is 1. The van der Waals surface area contributed by atoms with E-state index < -0.39 is 0 Å². The molecule has 0 radical (unpaired) electrons. The number of nitrogens with zero attached hydrogens (tertiary/aromatic N) is 1. The van der Waals surface area contributed by atoms with E-state index in [1.54, 1.807) is 12.3 Å². The summed E-state index contributed by atoms with van der Waals surface area (Å²) < 4.78 is 6.22. The fraction of sp³-hybridized carbons (Fsp3) is 0.100. The number of halogens is 3. The van der Waals surface area contributed by atoms with Crippen LogP contribution >= 0.6 is 39.1 Å². The van der Waals surface area contributed by atoms with Crippen molar-refractivity contribution in [1.29, 1.82) is 0 Å². The van der Waals surface area contributed by atoms with Gasteiger partial charge in [0.25, 0.3) is 0 Å². The summed E-state index contributed by atoms with van der Waals surface area (Å²) in [6.45, 7) is 0. The first-order valence-electron chi connectivity index (χ1n) is 4.17. The van der Waals surface area contributed by atoms with Gasteiger partial charge in [-0.25, -0.2) is 4.98 Å². The molecule has 0 N–H and O–H groups in total. The van der Waals surface area contributed by atoms with E-state index in [2.05, 4.69) is 20.9 Å². The second kappa shape index (κ2) is 4.56. The van der Waals surface area contributed by atoms with Crippen molar-refractivity contribution < 1.29 is 4.42 Å². The Kier molecular flexibility index (Phi) is 3.34. The van der Waals surface area contributed by atoms with E-state index in [-0.39, 0.29) is 0 Å². The molecule has 0 aliphatic heterocycles. The van der Waals surface area contributed by atoms with Crippen LogP contribution in [0.1, 0.15) is 5.76 Å². The summed E-state index contributed by atoms with van der Waals surface area (Å²) in [5, 5.41) is 0.655. The van der Waals surface area contributed by atoms with E-state index in [0.29, 0.717) is 22.6 Å². The predicted molar refractivity (Wildman–Crippen MR) is 64.2 cm³/mol. The van der Waals surface area contributed by atoms with Gasteiger partial charge in [0.2, 0.25) is 5.89 Å². The lowest BCUT2D eigenvalue weighted by molar-refractivity contribution is 0.537. The molecular weight excluding hydrogens is 301 g/mol. The van der Waals surface area contributed by atoms with Crippen molar-refractivity contribution in [2.24, 2.45) is 0 Å². The van der Waals surface area contributed by atoms with Gasteiger partial charge in [0, 0.05) is 10.0 Å². The minimum absolute atomic E-state index is 0.321. The SMILES string of the molecule is ClCc1cnc(-c2ccc(Cl)c(Br)c2)o1. The van der Waals surface area contributed by atoms with E-state index in [9.17, 15) is 0 Å². The average molecular weight is 307 g/mol. The average Bonchev–Trinajstić information content (AvgIpc) is 2.70. The summed E-state index contributed by atoms with van der Waals surface area (Å²) in [5.41, 5.74) is 0.864. The molecule has 0 amide bonds. The van der Waals surface area contributed by atoms with Gasteiger partial charge in [-0.2, -0.15) is 0 Å². The van der Waals surface area contributed by atoms with Crippen LogP contribution in [0.5, 0.6) is 0 Å². The van der Waals surface area contributed by atoms with Crippen LogP contribution in [0.2, 0.25) is 5.02 Å². The quantitative estimate of drug-likeness (QED) is 0.764. The van der Waals surface area contributed by atoms with E-state index in [1.807, 2.05) is 12.1 Å². The van der Waals surface area contributed by atoms with Crippen LogP contribution in [-0.4, -0.2) is 4.98 Å². The number of rotatable bonds is 2. The van der Waals surface area contributed by atoms with Crippen LogP contribution < -0.4 is 0 Å². The number of oxazole rings is 1. The van der Waals surface area contributed by atoms with Crippen LogP contribution in [0.3, 0.4) is 0 Å². The summed E-state index contributed by atoms with van der Waals surface area (Å²) in [6.07, 6.45) is 1.62. The molecule has 0 saturated heterocycles. The van der Waals surface area contributed by atoms with Gasteiger partial charge in [0.05, 0.1) is 17.1 Å². The van der Waals surface area contributed by atoms with Crippen LogP contribution in [0.4, 0.5) is 0 Å². The molecule has 5 heteroatoms. The van der Waals surface area contributed by atoms with Crippen molar-refractivity contribution >= 4 is 39.1 Å². The fourth-order valence-electron chi connectivity index (χ4n) is 1.13. The predicted octanol–water partition coefficient (Wildman–Crippen LogP) is 4.50. The summed E-state index contributed by atoms with van der Waals surface area (Å²) in [6, 6.07) is 5.48. The van der Waals surface area contributed by atoms with Crippen LogP contribution in [0, 0.1) is 0 Å². The molecule has 0 aliphatic carbocycles. The molecule has 2 aromatic rings. The standard InChI is InChI=1S/C10H6BrCl2NO/c11-8-3-6(1-2-9(8)13)10-14-5-7(4-12)15-10/h1-3,5H,4H2. The Balaban J connectivity index is 2.40. The molecular formula is C10H6BrCl2NO. The van der Waals surface area contributed by atoms with Crippen molar-refractivity contribution in [2.75, 3.05) is 0 Å². The van der Waals surface area contributed by atoms with Crippen molar-refractivity contribution in [1.82, 2.24) is 4.98 Å². The minimum atomic E-state index is 0.321. The van der Waals surface area contributed by atoms with Gasteiger partial charge in [-0.05, 0) is 34.1 Å². The maximum absolute atomic E-state index is 5.88. The van der Waals surface area contributed by atoms with Crippen molar-refractivity contribution in [3.63, 3.8) is 0 Å². The topological polar surface area (TPSA) is 26.0 Å². The van der Waals surface area contributed by atoms with Crippen molar-refractivity contribution in [3.8, 4) is 11.5 Å². The molecule has 0 saturated carbocycles. The molecule has 0 spiro atoms. The first-order chi connectivity index (χ1) is 7.20. The second-order valence-corrected chi connectivity index (χ2v) is 4.42. The molecule has 78 valence electrons. The summed E-state index contributed by atoms with van der Waals surface area (Å²) in [5.74, 6) is 1.52. The molecule has 0 aliphatic rings. The van der Waals surface area contributed by atoms with Crippen LogP contribution in [0.25, 0.3) is 11.5 Å². The molecule has 0 bridgehead atoms. The Hall–Kier alpha value is -0.510. The molecule has 0 fully saturated rings. The lowest BCUT2D eigenvalue weighted by atomic mass is 10.2. The van der Waals surface area contributed by atoms with Crippen LogP contribution in [0.15, 0.2) is 33.3 Å². The normalized spacial score (nSPS) is 10.6. The molecule has 2 rings (SSSR count). The Morgan fingerprint density at radius 2 is 2.20 bits per heavy atom. The third-order valence-electron chi connectivity index (χ3n) is 1.85. The van der Waals surface area contributed by atoms with E-state index in [4.69, 9.17) is 27.6 Å². The molecule has 15 heavy (non-hydrogen) atoms. The Labute approximate surface area is 105 Å². The minimum Gasteiger partial charge on any atom is -0.440 e. The van der Waals surface area contributed by atoms with Crippen molar-refractivity contribution in [2.45, 2.75) is 5.88 Å². The van der Waals surface area contributed by atoms with E-state index in [1.165, 1.54) is 0 Å². The smallest absolute Gasteiger partial charge is 0.226 e. The van der Waals surface area contributed by atoms with Gasteiger partial charge in [-0.3, -0.25) is 0 Å². The second-order valence-electron chi connectivity index (χ2n) is 2.89. The van der Waals surface area contributed by atoms with Crippen LogP contribution in [-0.2, 0) is 5.88 Å². The van der Waals surface area contributed by atoms with Gasteiger partial charge in [0.15, 0.2) is 0 Å². The highest BCUT2D eigenvalue weighted by Gasteiger charge is 2.07. The highest BCUT2D eigenvalue weighted by molar-refractivity contribution is 9.10. The lowest BCUT2D eigenvalue weighted by Crippen LogP contribution is -1.77. The molecule has 1 aromatic carbocycles. The number of hydrogen-bond acceptors (Lipinski definition) is 2. The Morgan fingerprint density at radius 1 is 1.40 bits per heavy atom. The van der Waals surface area contributed by atoms with E-state index in [0.717, 1.165) is 10.0 Å². The lowest BCUT2D eigenvalue weighted by Gasteiger charge is -1.98. The Bertz CT molecular complexity index is 484. The first kappa shape index (κ1) is 11.0. The van der Waals surface area contributed by atoms with Gasteiger partial charge < -0.3 is 4.42 Å². The molecule has 0 atom stereocenters. The zero-order valence-electron chi connectivity index (χ0n) is 7.51. The van der Waals surface area contributed by atoms with Gasteiger partial charge >= 0.3 is 0 Å².